The number of fused-ring (bicyclic) bond motifs is 3. The first-order chi connectivity index (χ1) is 13.3. The summed E-state index contributed by atoms with van der Waals surface area (Å²) in [6.07, 6.45) is 5.79. The number of benzene rings is 2. The van der Waals surface area contributed by atoms with E-state index in [2.05, 4.69) is 83.3 Å². The Bertz CT molecular complexity index is 915. The summed E-state index contributed by atoms with van der Waals surface area (Å²) in [7, 11) is -0.357. The first kappa shape index (κ1) is 19.2. The molecule has 0 amide bonds. The van der Waals surface area contributed by atoms with E-state index in [-0.39, 0.29) is 23.7 Å². The molecule has 3 heteroatoms. The fraction of sp³-hybridized carbons (Fsp3) is 0.360. The fourth-order valence-corrected chi connectivity index (χ4v) is 4.61. The second kappa shape index (κ2) is 6.47. The molecule has 1 saturated heterocycles. The van der Waals surface area contributed by atoms with Gasteiger partial charge in [0, 0.05) is 5.41 Å². The molecule has 144 valence electrons. The zero-order valence-electron chi connectivity index (χ0n) is 17.4. The molecule has 0 unspecified atom stereocenters. The Morgan fingerprint density at radius 3 is 2.00 bits per heavy atom. The number of allylic oxidation sites excluding steroid dienone is 2. The average molecular weight is 372 g/mol. The lowest BCUT2D eigenvalue weighted by Crippen LogP contribution is -2.41. The van der Waals surface area contributed by atoms with Crippen LogP contribution in [0.1, 0.15) is 51.7 Å². The summed E-state index contributed by atoms with van der Waals surface area (Å²) in [5.41, 5.74) is 5.52. The Morgan fingerprint density at radius 2 is 1.39 bits per heavy atom. The van der Waals surface area contributed by atoms with Gasteiger partial charge in [-0.25, -0.2) is 0 Å². The average Bonchev–Trinajstić information content (AvgIpc) is 3.04. The van der Waals surface area contributed by atoms with E-state index < -0.39 is 0 Å². The van der Waals surface area contributed by atoms with Gasteiger partial charge in [0.25, 0.3) is 0 Å². The monoisotopic (exact) mass is 372 g/mol. The van der Waals surface area contributed by atoms with E-state index in [1.54, 1.807) is 0 Å². The van der Waals surface area contributed by atoms with E-state index in [9.17, 15) is 0 Å². The molecule has 0 spiro atoms. The van der Waals surface area contributed by atoms with Crippen molar-refractivity contribution in [3.05, 3.63) is 78.9 Å². The zero-order chi connectivity index (χ0) is 20.2. The van der Waals surface area contributed by atoms with E-state index in [1.807, 2.05) is 12.2 Å². The molecule has 4 rings (SSSR count). The van der Waals surface area contributed by atoms with E-state index in [0.717, 1.165) is 18.3 Å². The number of hydrogen-bond donors (Lipinski definition) is 0. The van der Waals surface area contributed by atoms with Crippen molar-refractivity contribution >= 4 is 12.6 Å². The molecule has 1 aliphatic heterocycles. The molecule has 28 heavy (non-hydrogen) atoms. The summed E-state index contributed by atoms with van der Waals surface area (Å²) in [5.74, 6) is 0. The normalized spacial score (nSPS) is 20.5. The van der Waals surface area contributed by atoms with Gasteiger partial charge in [0.15, 0.2) is 0 Å². The fourth-order valence-electron chi connectivity index (χ4n) is 4.61. The highest BCUT2D eigenvalue weighted by atomic mass is 16.7. The Hall–Kier alpha value is -2.10. The third kappa shape index (κ3) is 2.64. The van der Waals surface area contributed by atoms with Gasteiger partial charge in [-0.05, 0) is 68.3 Å². The molecule has 1 fully saturated rings. The van der Waals surface area contributed by atoms with Crippen LogP contribution in [0.3, 0.4) is 0 Å². The van der Waals surface area contributed by atoms with Crippen LogP contribution in [0.15, 0.2) is 67.8 Å². The van der Waals surface area contributed by atoms with Crippen LogP contribution in [0.5, 0.6) is 0 Å². The molecule has 1 aliphatic carbocycles. The van der Waals surface area contributed by atoms with Gasteiger partial charge in [0.1, 0.15) is 0 Å². The highest BCUT2D eigenvalue weighted by Crippen LogP contribution is 2.52. The largest absolute Gasteiger partial charge is 0.494 e. The van der Waals surface area contributed by atoms with Crippen LogP contribution in [-0.2, 0) is 14.7 Å². The maximum absolute atomic E-state index is 6.31. The molecule has 2 aliphatic rings. The predicted octanol–water partition coefficient (Wildman–Crippen LogP) is 5.40. The molecule has 0 aromatic heterocycles. The highest BCUT2D eigenvalue weighted by molar-refractivity contribution is 6.62. The third-order valence-electron chi connectivity index (χ3n) is 6.80. The highest BCUT2D eigenvalue weighted by Gasteiger charge is 2.52. The van der Waals surface area contributed by atoms with Crippen LogP contribution in [0, 0.1) is 0 Å². The topological polar surface area (TPSA) is 18.5 Å². The summed E-state index contributed by atoms with van der Waals surface area (Å²) in [4.78, 5) is 0. The predicted molar refractivity (Wildman–Crippen MR) is 118 cm³/mol. The maximum Gasteiger partial charge on any atom is 0.494 e. The van der Waals surface area contributed by atoms with Gasteiger partial charge in [-0.2, -0.15) is 0 Å². The number of rotatable bonds is 5. The minimum atomic E-state index is -0.357. The van der Waals surface area contributed by atoms with Gasteiger partial charge in [-0.3, -0.25) is 0 Å². The quantitative estimate of drug-likeness (QED) is 0.517. The molecule has 2 aromatic carbocycles. The molecule has 0 radical (unpaired) electrons. The van der Waals surface area contributed by atoms with Crippen LogP contribution in [0.25, 0.3) is 11.1 Å². The second-order valence-corrected chi connectivity index (χ2v) is 9.01. The number of hydrogen-bond acceptors (Lipinski definition) is 2. The van der Waals surface area contributed by atoms with Gasteiger partial charge in [-0.1, -0.05) is 54.6 Å². The summed E-state index contributed by atoms with van der Waals surface area (Å²) < 4.78 is 12.6. The van der Waals surface area contributed by atoms with Gasteiger partial charge in [0.2, 0.25) is 0 Å². The lowest BCUT2D eigenvalue weighted by molar-refractivity contribution is 0.00578. The lowest BCUT2D eigenvalue weighted by atomic mass is 9.70. The van der Waals surface area contributed by atoms with Crippen molar-refractivity contribution in [2.45, 2.75) is 57.2 Å². The summed E-state index contributed by atoms with van der Waals surface area (Å²) in [6.45, 7) is 16.5. The Labute approximate surface area is 169 Å². The van der Waals surface area contributed by atoms with Crippen LogP contribution >= 0.6 is 0 Å². The van der Waals surface area contributed by atoms with E-state index in [1.165, 1.54) is 22.3 Å². The molecular weight excluding hydrogens is 343 g/mol. The van der Waals surface area contributed by atoms with Crippen molar-refractivity contribution in [1.29, 1.82) is 0 Å². The van der Waals surface area contributed by atoms with Gasteiger partial charge >= 0.3 is 7.12 Å². The standard InChI is InChI=1S/C25H29BO2/c1-7-15-25(16-8-2)21-12-10-9-11-19(21)20-14-13-18(17-22(20)25)26-27-23(3,4)24(5,6)28-26/h7-14,17H,1-2,15-16H2,3-6H3. The third-order valence-corrected chi connectivity index (χ3v) is 6.80. The molecular formula is C25H29BO2. The molecule has 2 nitrogen and oxygen atoms in total. The SMILES string of the molecule is C=CCC1(CC=C)c2ccccc2-c2ccc(B3OC(C)(C)C(C)(C)O3)cc21. The van der Waals surface area contributed by atoms with E-state index in [0.29, 0.717) is 0 Å². The van der Waals surface area contributed by atoms with E-state index >= 15 is 0 Å². The van der Waals surface area contributed by atoms with Crippen molar-refractivity contribution in [2.75, 3.05) is 0 Å². The summed E-state index contributed by atoms with van der Waals surface area (Å²) >= 11 is 0. The molecule has 0 bridgehead atoms. The summed E-state index contributed by atoms with van der Waals surface area (Å²) in [5, 5.41) is 0. The lowest BCUT2D eigenvalue weighted by Gasteiger charge is -2.32. The van der Waals surface area contributed by atoms with Crippen molar-refractivity contribution in [2.24, 2.45) is 0 Å². The summed E-state index contributed by atoms with van der Waals surface area (Å²) in [6, 6.07) is 15.4. The Balaban J connectivity index is 1.86. The molecule has 0 atom stereocenters. The molecule has 0 saturated carbocycles. The smallest absolute Gasteiger partial charge is 0.399 e. The first-order valence-corrected chi connectivity index (χ1v) is 10.1. The maximum atomic E-state index is 6.31. The van der Waals surface area contributed by atoms with Gasteiger partial charge < -0.3 is 9.31 Å². The second-order valence-electron chi connectivity index (χ2n) is 9.01. The van der Waals surface area contributed by atoms with Gasteiger partial charge in [-0.15, -0.1) is 13.2 Å². The molecule has 1 heterocycles. The van der Waals surface area contributed by atoms with Gasteiger partial charge in [0.05, 0.1) is 11.2 Å². The van der Waals surface area contributed by atoms with Crippen LogP contribution in [0.4, 0.5) is 0 Å². The van der Waals surface area contributed by atoms with Crippen LogP contribution < -0.4 is 5.46 Å². The van der Waals surface area contributed by atoms with Crippen molar-refractivity contribution < 1.29 is 9.31 Å². The molecule has 0 N–H and O–H groups in total. The van der Waals surface area contributed by atoms with E-state index in [4.69, 9.17) is 9.31 Å². The van der Waals surface area contributed by atoms with Crippen LogP contribution in [-0.4, -0.2) is 18.3 Å². The van der Waals surface area contributed by atoms with Crippen LogP contribution in [0.2, 0.25) is 0 Å². The minimum Gasteiger partial charge on any atom is -0.399 e. The van der Waals surface area contributed by atoms with Crippen molar-refractivity contribution in [3.63, 3.8) is 0 Å². The Kier molecular flexibility index (Phi) is 4.44. The first-order valence-electron chi connectivity index (χ1n) is 10.1. The minimum absolute atomic E-state index is 0.130. The zero-order valence-corrected chi connectivity index (χ0v) is 17.4. The van der Waals surface area contributed by atoms with Crippen molar-refractivity contribution in [1.82, 2.24) is 0 Å². The molecule has 2 aromatic rings. The van der Waals surface area contributed by atoms with Crippen molar-refractivity contribution in [3.8, 4) is 11.1 Å². The Morgan fingerprint density at radius 1 is 0.821 bits per heavy atom.